The molecule has 1 aromatic heterocycles. The first kappa shape index (κ1) is 17.1. The molecule has 1 fully saturated rings. The van der Waals surface area contributed by atoms with Crippen LogP contribution in [0.5, 0.6) is 0 Å². The molecule has 2 aromatic rings. The molecular formula is C17H20BrFN4O. The van der Waals surface area contributed by atoms with Crippen molar-refractivity contribution in [3.8, 4) is 5.69 Å². The SMILES string of the molecule is CC(N)C1CCN(C(=O)c2nn(-c3ccc(F)cc3)cc2Br)CC1. The van der Waals surface area contributed by atoms with Gasteiger partial charge in [-0.1, -0.05) is 0 Å². The molecule has 1 saturated heterocycles. The van der Waals surface area contributed by atoms with Crippen LogP contribution in [0.1, 0.15) is 30.3 Å². The van der Waals surface area contributed by atoms with E-state index in [-0.39, 0.29) is 17.8 Å². The Morgan fingerprint density at radius 1 is 1.33 bits per heavy atom. The molecule has 0 bridgehead atoms. The maximum absolute atomic E-state index is 13.0. The quantitative estimate of drug-likeness (QED) is 0.869. The van der Waals surface area contributed by atoms with Crippen LogP contribution < -0.4 is 5.73 Å². The van der Waals surface area contributed by atoms with Crippen LogP contribution in [0.25, 0.3) is 5.69 Å². The van der Waals surface area contributed by atoms with Crippen LogP contribution in [0.2, 0.25) is 0 Å². The van der Waals surface area contributed by atoms with Gasteiger partial charge in [0, 0.05) is 25.3 Å². The molecule has 1 aliphatic heterocycles. The molecule has 2 N–H and O–H groups in total. The standard InChI is InChI=1S/C17H20BrFN4O/c1-11(20)12-6-8-22(9-7-12)17(24)16-15(18)10-23(21-16)14-4-2-13(19)3-5-14/h2-5,10-12H,6-9,20H2,1H3. The van der Waals surface area contributed by atoms with Crippen LogP contribution in [-0.4, -0.2) is 39.7 Å². The number of carbonyl (C=O) groups is 1. The number of aromatic nitrogens is 2. The summed E-state index contributed by atoms with van der Waals surface area (Å²) in [5.74, 6) is 0.0680. The van der Waals surface area contributed by atoms with Crippen LogP contribution >= 0.6 is 15.9 Å². The summed E-state index contributed by atoms with van der Waals surface area (Å²) in [4.78, 5) is 14.5. The Kier molecular flexibility index (Phi) is 5.01. The van der Waals surface area contributed by atoms with Gasteiger partial charge in [0.05, 0.1) is 10.2 Å². The monoisotopic (exact) mass is 394 g/mol. The largest absolute Gasteiger partial charge is 0.337 e. The molecule has 3 rings (SSSR count). The highest BCUT2D eigenvalue weighted by atomic mass is 79.9. The number of benzene rings is 1. The van der Waals surface area contributed by atoms with E-state index >= 15 is 0 Å². The third-order valence-corrected chi connectivity index (χ3v) is 5.11. The Balaban J connectivity index is 1.75. The zero-order valence-corrected chi connectivity index (χ0v) is 15.0. The lowest BCUT2D eigenvalue weighted by Gasteiger charge is -2.33. The maximum Gasteiger partial charge on any atom is 0.275 e. The van der Waals surface area contributed by atoms with Gasteiger partial charge in [0.1, 0.15) is 5.82 Å². The number of piperidine rings is 1. The minimum atomic E-state index is -0.307. The van der Waals surface area contributed by atoms with Gasteiger partial charge in [0.2, 0.25) is 0 Å². The topological polar surface area (TPSA) is 64.2 Å². The van der Waals surface area contributed by atoms with Gasteiger partial charge in [-0.25, -0.2) is 9.07 Å². The van der Waals surface area contributed by atoms with E-state index in [0.29, 0.717) is 34.9 Å². The highest BCUT2D eigenvalue weighted by Crippen LogP contribution is 2.24. The molecule has 1 aliphatic rings. The van der Waals surface area contributed by atoms with Gasteiger partial charge in [-0.15, -0.1) is 0 Å². The van der Waals surface area contributed by atoms with E-state index in [1.54, 1.807) is 23.0 Å². The molecule has 5 nitrogen and oxygen atoms in total. The minimum Gasteiger partial charge on any atom is -0.337 e. The van der Waals surface area contributed by atoms with Crippen molar-refractivity contribution >= 4 is 21.8 Å². The van der Waals surface area contributed by atoms with E-state index in [4.69, 9.17) is 5.73 Å². The maximum atomic E-state index is 13.0. The first-order valence-corrected chi connectivity index (χ1v) is 8.81. The van der Waals surface area contributed by atoms with Crippen molar-refractivity contribution in [1.29, 1.82) is 0 Å². The van der Waals surface area contributed by atoms with E-state index in [1.807, 2.05) is 11.8 Å². The predicted molar refractivity (Wildman–Crippen MR) is 93.5 cm³/mol. The van der Waals surface area contributed by atoms with Crippen LogP contribution in [0.15, 0.2) is 34.9 Å². The summed E-state index contributed by atoms with van der Waals surface area (Å²) in [5.41, 5.74) is 7.02. The van der Waals surface area contributed by atoms with E-state index in [0.717, 1.165) is 12.8 Å². The number of rotatable bonds is 3. The van der Waals surface area contributed by atoms with E-state index in [1.165, 1.54) is 12.1 Å². The van der Waals surface area contributed by atoms with Gasteiger partial charge in [0.25, 0.3) is 5.91 Å². The molecule has 128 valence electrons. The molecule has 1 aromatic carbocycles. The molecule has 0 spiro atoms. The smallest absolute Gasteiger partial charge is 0.275 e. The first-order valence-electron chi connectivity index (χ1n) is 8.01. The highest BCUT2D eigenvalue weighted by molar-refractivity contribution is 9.10. The zero-order valence-electron chi connectivity index (χ0n) is 13.5. The third-order valence-electron chi connectivity index (χ3n) is 4.53. The molecule has 24 heavy (non-hydrogen) atoms. The molecule has 0 radical (unpaired) electrons. The van der Waals surface area contributed by atoms with Crippen molar-refractivity contribution in [1.82, 2.24) is 14.7 Å². The average Bonchev–Trinajstić information content (AvgIpc) is 2.96. The first-order chi connectivity index (χ1) is 11.5. The number of nitrogens with two attached hydrogens (primary N) is 1. The summed E-state index contributed by atoms with van der Waals surface area (Å²) >= 11 is 3.41. The van der Waals surface area contributed by atoms with Crippen LogP contribution in [0.4, 0.5) is 4.39 Å². The Morgan fingerprint density at radius 2 is 1.96 bits per heavy atom. The van der Waals surface area contributed by atoms with Crippen molar-refractivity contribution in [2.24, 2.45) is 11.7 Å². The summed E-state index contributed by atoms with van der Waals surface area (Å²) in [7, 11) is 0. The van der Waals surface area contributed by atoms with E-state index < -0.39 is 0 Å². The Morgan fingerprint density at radius 3 is 2.54 bits per heavy atom. The summed E-state index contributed by atoms with van der Waals surface area (Å²) in [6, 6.07) is 6.14. The summed E-state index contributed by atoms with van der Waals surface area (Å²) in [6.45, 7) is 3.41. The molecule has 1 amide bonds. The Hall–Kier alpha value is -1.73. The summed E-state index contributed by atoms with van der Waals surface area (Å²) < 4.78 is 15.2. The average molecular weight is 395 g/mol. The van der Waals surface area contributed by atoms with Crippen LogP contribution in [0, 0.1) is 11.7 Å². The lowest BCUT2D eigenvalue weighted by Crippen LogP contribution is -2.42. The molecule has 1 unspecified atom stereocenters. The summed E-state index contributed by atoms with van der Waals surface area (Å²) in [6.07, 6.45) is 3.55. The van der Waals surface area contributed by atoms with Crippen molar-refractivity contribution in [2.75, 3.05) is 13.1 Å². The molecule has 0 aliphatic carbocycles. The lowest BCUT2D eigenvalue weighted by molar-refractivity contribution is 0.0673. The number of hydrogen-bond acceptors (Lipinski definition) is 3. The van der Waals surface area contributed by atoms with E-state index in [2.05, 4.69) is 21.0 Å². The van der Waals surface area contributed by atoms with E-state index in [9.17, 15) is 9.18 Å². The van der Waals surface area contributed by atoms with Gasteiger partial charge in [-0.2, -0.15) is 5.10 Å². The third kappa shape index (κ3) is 3.52. The van der Waals surface area contributed by atoms with Crippen molar-refractivity contribution in [2.45, 2.75) is 25.8 Å². The number of amides is 1. The Bertz CT molecular complexity index is 721. The Labute approximate surface area is 148 Å². The molecule has 7 heteroatoms. The fourth-order valence-corrected chi connectivity index (χ4v) is 3.44. The number of likely N-dealkylation sites (tertiary alicyclic amines) is 1. The number of carbonyl (C=O) groups excluding carboxylic acids is 1. The number of nitrogens with zero attached hydrogens (tertiary/aromatic N) is 3. The fraction of sp³-hybridized carbons (Fsp3) is 0.412. The van der Waals surface area contributed by atoms with Gasteiger partial charge < -0.3 is 10.6 Å². The fourth-order valence-electron chi connectivity index (χ4n) is 3.00. The predicted octanol–water partition coefficient (Wildman–Crippen LogP) is 2.97. The number of halogens is 2. The van der Waals surface area contributed by atoms with Crippen LogP contribution in [0.3, 0.4) is 0 Å². The van der Waals surface area contributed by atoms with Gasteiger partial charge >= 0.3 is 0 Å². The minimum absolute atomic E-state index is 0.0918. The van der Waals surface area contributed by atoms with Gasteiger partial charge in [-0.3, -0.25) is 4.79 Å². The van der Waals surface area contributed by atoms with Crippen molar-refractivity contribution in [3.63, 3.8) is 0 Å². The molecule has 2 heterocycles. The number of hydrogen-bond donors (Lipinski definition) is 1. The lowest BCUT2D eigenvalue weighted by atomic mass is 9.91. The van der Waals surface area contributed by atoms with Gasteiger partial charge in [-0.05, 0) is 65.9 Å². The van der Waals surface area contributed by atoms with Gasteiger partial charge in [0.15, 0.2) is 5.69 Å². The second kappa shape index (κ2) is 7.03. The van der Waals surface area contributed by atoms with Crippen LogP contribution in [-0.2, 0) is 0 Å². The van der Waals surface area contributed by atoms with Crippen molar-refractivity contribution in [3.05, 3.63) is 46.4 Å². The second-order valence-corrected chi connectivity index (χ2v) is 7.09. The summed E-state index contributed by atoms with van der Waals surface area (Å²) in [5, 5.41) is 4.37. The van der Waals surface area contributed by atoms with Crippen molar-refractivity contribution < 1.29 is 9.18 Å². The molecule has 1 atom stereocenters. The second-order valence-electron chi connectivity index (χ2n) is 6.24. The molecule has 0 saturated carbocycles. The zero-order chi connectivity index (χ0) is 17.3. The highest BCUT2D eigenvalue weighted by Gasteiger charge is 2.28. The normalized spacial score (nSPS) is 17.1. The molecular weight excluding hydrogens is 375 g/mol.